The number of hydrogen-bond acceptors (Lipinski definition) is 3. The molecule has 1 aliphatic carbocycles. The summed E-state index contributed by atoms with van der Waals surface area (Å²) in [5, 5.41) is 2.12. The highest BCUT2D eigenvalue weighted by Gasteiger charge is 2.36. The van der Waals surface area contributed by atoms with E-state index in [0.29, 0.717) is 0 Å². The van der Waals surface area contributed by atoms with Gasteiger partial charge < -0.3 is 10.1 Å². The van der Waals surface area contributed by atoms with Gasteiger partial charge in [-0.3, -0.25) is 9.59 Å². The van der Waals surface area contributed by atoms with E-state index in [1.807, 2.05) is 0 Å². The molecule has 3 unspecified atom stereocenters. The molecule has 2 aromatic carbocycles. The van der Waals surface area contributed by atoms with Gasteiger partial charge in [-0.2, -0.15) is 0 Å². The lowest BCUT2D eigenvalue weighted by atomic mass is 9.85. The minimum Gasteiger partial charge on any atom is -0.469 e. The average molecular weight is 478 g/mol. The first-order valence-electron chi connectivity index (χ1n) is 9.10. The van der Waals surface area contributed by atoms with Crippen LogP contribution in [-0.4, -0.2) is 25.0 Å². The van der Waals surface area contributed by atoms with E-state index < -0.39 is 70.2 Å². The van der Waals surface area contributed by atoms with Crippen LogP contribution in [0.3, 0.4) is 0 Å². The van der Waals surface area contributed by atoms with Gasteiger partial charge in [0.25, 0.3) is 5.91 Å². The standard InChI is InChI=1S/C21H14ClF6NO3/c1-32-21(31)13(11-5-3-9(23)7-12(11)22)8-2-4-10(6-8)29-20(30)14-15(24)17(26)19(28)18(27)16(14)25/h2-5,7-8,10,13H,6H2,1H3,(H,29,30). The van der Waals surface area contributed by atoms with Crippen molar-refractivity contribution in [2.24, 2.45) is 5.92 Å². The molecule has 0 aliphatic heterocycles. The van der Waals surface area contributed by atoms with Gasteiger partial charge in [-0.05, 0) is 30.0 Å². The Bertz CT molecular complexity index is 1090. The molecule has 0 saturated heterocycles. The Balaban J connectivity index is 1.83. The zero-order valence-electron chi connectivity index (χ0n) is 16.2. The predicted molar refractivity (Wildman–Crippen MR) is 101 cm³/mol. The van der Waals surface area contributed by atoms with Crippen LogP contribution in [0.1, 0.15) is 28.3 Å². The van der Waals surface area contributed by atoms with Crippen molar-refractivity contribution in [2.45, 2.75) is 18.4 Å². The van der Waals surface area contributed by atoms with Crippen molar-refractivity contribution in [2.75, 3.05) is 7.11 Å². The summed E-state index contributed by atoms with van der Waals surface area (Å²) in [6.07, 6.45) is 2.90. The van der Waals surface area contributed by atoms with Crippen LogP contribution in [0.25, 0.3) is 0 Å². The first-order chi connectivity index (χ1) is 15.1. The summed E-state index contributed by atoms with van der Waals surface area (Å²) in [5.74, 6) is -15.9. The third kappa shape index (κ3) is 4.32. The molecule has 1 aliphatic rings. The summed E-state index contributed by atoms with van der Waals surface area (Å²) in [6, 6.07) is 2.49. The summed E-state index contributed by atoms with van der Waals surface area (Å²) < 4.78 is 85.9. The number of ether oxygens (including phenoxy) is 1. The third-order valence-corrected chi connectivity index (χ3v) is 5.38. The lowest BCUT2D eigenvalue weighted by Gasteiger charge is -2.23. The number of carbonyl (C=O) groups is 2. The number of halogens is 7. The van der Waals surface area contributed by atoms with Crippen LogP contribution in [0, 0.1) is 40.8 Å². The number of allylic oxidation sites excluding steroid dienone is 1. The fraction of sp³-hybridized carbons (Fsp3) is 0.238. The maximum absolute atomic E-state index is 13.9. The predicted octanol–water partition coefficient (Wildman–Crippen LogP) is 4.81. The smallest absolute Gasteiger partial charge is 0.313 e. The molecular weight excluding hydrogens is 464 g/mol. The average Bonchev–Trinajstić information content (AvgIpc) is 3.20. The third-order valence-electron chi connectivity index (χ3n) is 5.05. The van der Waals surface area contributed by atoms with Gasteiger partial charge in [-0.1, -0.05) is 29.8 Å². The van der Waals surface area contributed by atoms with Crippen molar-refractivity contribution in [3.05, 3.63) is 81.4 Å². The second kappa shape index (κ2) is 9.23. The van der Waals surface area contributed by atoms with Gasteiger partial charge in [0.05, 0.1) is 13.0 Å². The van der Waals surface area contributed by atoms with Gasteiger partial charge in [0.15, 0.2) is 23.3 Å². The lowest BCUT2D eigenvalue weighted by molar-refractivity contribution is -0.143. The number of amides is 1. The molecule has 1 N–H and O–H groups in total. The molecule has 4 nitrogen and oxygen atoms in total. The number of benzene rings is 2. The monoisotopic (exact) mass is 477 g/mol. The quantitative estimate of drug-likeness (QED) is 0.221. The van der Waals surface area contributed by atoms with Crippen molar-refractivity contribution in [1.82, 2.24) is 5.32 Å². The molecule has 1 amide bonds. The van der Waals surface area contributed by atoms with Gasteiger partial charge >= 0.3 is 5.97 Å². The highest BCUT2D eigenvalue weighted by molar-refractivity contribution is 6.31. The molecule has 3 rings (SSSR count). The van der Waals surface area contributed by atoms with Gasteiger partial charge in [-0.25, -0.2) is 26.3 Å². The van der Waals surface area contributed by atoms with Crippen LogP contribution < -0.4 is 5.32 Å². The number of esters is 1. The Morgan fingerprint density at radius 2 is 1.59 bits per heavy atom. The molecule has 32 heavy (non-hydrogen) atoms. The highest BCUT2D eigenvalue weighted by Crippen LogP contribution is 2.38. The molecule has 0 bridgehead atoms. The normalized spacial score (nSPS) is 18.5. The number of nitrogens with one attached hydrogen (secondary N) is 1. The van der Waals surface area contributed by atoms with Crippen molar-refractivity contribution < 1.29 is 40.7 Å². The van der Waals surface area contributed by atoms with Crippen LogP contribution in [0.5, 0.6) is 0 Å². The van der Waals surface area contributed by atoms with E-state index in [4.69, 9.17) is 16.3 Å². The molecule has 170 valence electrons. The van der Waals surface area contributed by atoms with E-state index in [1.165, 1.54) is 18.2 Å². The van der Waals surface area contributed by atoms with Crippen molar-refractivity contribution in [3.63, 3.8) is 0 Å². The van der Waals surface area contributed by atoms with Gasteiger partial charge in [-0.15, -0.1) is 0 Å². The van der Waals surface area contributed by atoms with Gasteiger partial charge in [0, 0.05) is 11.1 Å². The molecule has 0 radical (unpaired) electrons. The van der Waals surface area contributed by atoms with Crippen LogP contribution in [-0.2, 0) is 9.53 Å². The summed E-state index contributed by atoms with van der Waals surface area (Å²) in [7, 11) is 1.13. The molecule has 0 aromatic heterocycles. The van der Waals surface area contributed by atoms with Crippen LogP contribution in [0.2, 0.25) is 5.02 Å². The molecule has 2 aromatic rings. The molecule has 0 fully saturated rings. The van der Waals surface area contributed by atoms with Gasteiger partial charge in [0.1, 0.15) is 11.4 Å². The maximum atomic E-state index is 13.9. The SMILES string of the molecule is COC(=O)C(c1ccc(F)cc1Cl)C1C=CC(NC(=O)c2c(F)c(F)c(F)c(F)c2F)C1. The second-order valence-corrected chi connectivity index (χ2v) is 7.38. The summed E-state index contributed by atoms with van der Waals surface area (Å²) in [5.41, 5.74) is -1.37. The zero-order valence-corrected chi connectivity index (χ0v) is 17.0. The number of hydrogen-bond donors (Lipinski definition) is 1. The van der Waals surface area contributed by atoms with E-state index in [9.17, 15) is 35.9 Å². The zero-order chi connectivity index (χ0) is 23.7. The fourth-order valence-electron chi connectivity index (χ4n) is 3.54. The van der Waals surface area contributed by atoms with E-state index in [-0.39, 0.29) is 17.0 Å². The first kappa shape index (κ1) is 23.6. The van der Waals surface area contributed by atoms with E-state index in [1.54, 1.807) is 0 Å². The van der Waals surface area contributed by atoms with E-state index in [0.717, 1.165) is 19.2 Å². The summed E-state index contributed by atoms with van der Waals surface area (Å²) in [4.78, 5) is 24.6. The Morgan fingerprint density at radius 1 is 1.00 bits per heavy atom. The fourth-order valence-corrected chi connectivity index (χ4v) is 3.82. The largest absolute Gasteiger partial charge is 0.469 e. The van der Waals surface area contributed by atoms with Crippen molar-refractivity contribution in [1.29, 1.82) is 0 Å². The molecule has 0 saturated carbocycles. The number of methoxy groups -OCH3 is 1. The van der Waals surface area contributed by atoms with E-state index in [2.05, 4.69) is 5.32 Å². The second-order valence-electron chi connectivity index (χ2n) is 6.98. The molecule has 0 heterocycles. The Kier molecular flexibility index (Phi) is 6.82. The minimum absolute atomic E-state index is 0.00854. The van der Waals surface area contributed by atoms with Crippen molar-refractivity contribution >= 4 is 23.5 Å². The molecule has 0 spiro atoms. The van der Waals surface area contributed by atoms with Gasteiger partial charge in [0.2, 0.25) is 5.82 Å². The molecular formula is C21H14ClF6NO3. The summed E-state index contributed by atoms with van der Waals surface area (Å²) in [6.45, 7) is 0. The lowest BCUT2D eigenvalue weighted by Crippen LogP contribution is -2.35. The van der Waals surface area contributed by atoms with Crippen LogP contribution in [0.4, 0.5) is 26.3 Å². The molecule has 11 heteroatoms. The Hall–Kier alpha value is -3.01. The first-order valence-corrected chi connectivity index (χ1v) is 9.48. The Labute approximate surface area is 182 Å². The van der Waals surface area contributed by atoms with Crippen LogP contribution in [0.15, 0.2) is 30.4 Å². The maximum Gasteiger partial charge on any atom is 0.313 e. The molecule has 3 atom stereocenters. The van der Waals surface area contributed by atoms with Crippen molar-refractivity contribution in [3.8, 4) is 0 Å². The highest BCUT2D eigenvalue weighted by atomic mass is 35.5. The minimum atomic E-state index is -2.38. The topological polar surface area (TPSA) is 55.4 Å². The number of rotatable bonds is 5. The van der Waals surface area contributed by atoms with Crippen LogP contribution >= 0.6 is 11.6 Å². The van der Waals surface area contributed by atoms with E-state index >= 15 is 0 Å². The number of carbonyl (C=O) groups excluding carboxylic acids is 2. The Morgan fingerprint density at radius 3 is 2.16 bits per heavy atom. The summed E-state index contributed by atoms with van der Waals surface area (Å²) >= 11 is 6.06.